The summed E-state index contributed by atoms with van der Waals surface area (Å²) in [4.78, 5) is 15.7. The number of piperidine rings is 2. The lowest BCUT2D eigenvalue weighted by molar-refractivity contribution is 0.0983. The Labute approximate surface area is 210 Å². The second-order valence-electron chi connectivity index (χ2n) is 10.2. The Morgan fingerprint density at radius 2 is 1.69 bits per heavy atom. The van der Waals surface area contributed by atoms with Crippen LogP contribution in [0.2, 0.25) is 0 Å². The van der Waals surface area contributed by atoms with Gasteiger partial charge in [-0.2, -0.15) is 4.31 Å². The molecule has 6 nitrogen and oxygen atoms in total. The number of rotatable bonds is 9. The van der Waals surface area contributed by atoms with Crippen LogP contribution in [0.15, 0.2) is 53.4 Å². The lowest BCUT2D eigenvalue weighted by Crippen LogP contribution is -2.40. The second-order valence-corrected chi connectivity index (χ2v) is 12.1. The molecule has 0 bridgehead atoms. The predicted molar refractivity (Wildman–Crippen MR) is 140 cm³/mol. The first-order chi connectivity index (χ1) is 16.8. The number of aryl methyl sites for hydroxylation is 1. The molecule has 1 atom stereocenters. The second kappa shape index (κ2) is 11.8. The van der Waals surface area contributed by atoms with Gasteiger partial charge in [-0.3, -0.25) is 9.69 Å². The van der Waals surface area contributed by atoms with Gasteiger partial charge in [0.15, 0.2) is 5.78 Å². The van der Waals surface area contributed by atoms with Crippen molar-refractivity contribution in [2.45, 2.75) is 56.9 Å². The van der Waals surface area contributed by atoms with E-state index in [1.54, 1.807) is 28.6 Å². The molecule has 2 heterocycles. The average molecular weight is 498 g/mol. The Bertz CT molecular complexity index is 1090. The molecule has 35 heavy (non-hydrogen) atoms. The van der Waals surface area contributed by atoms with Gasteiger partial charge >= 0.3 is 0 Å². The van der Waals surface area contributed by atoms with E-state index in [1.807, 2.05) is 0 Å². The van der Waals surface area contributed by atoms with Crippen LogP contribution in [0.5, 0.6) is 0 Å². The quantitative estimate of drug-likeness (QED) is 0.520. The van der Waals surface area contributed by atoms with Crippen LogP contribution in [0.1, 0.15) is 66.6 Å². The maximum Gasteiger partial charge on any atom is 0.243 e. The zero-order chi connectivity index (χ0) is 24.8. The molecule has 0 amide bonds. The van der Waals surface area contributed by atoms with Crippen LogP contribution in [0.3, 0.4) is 0 Å². The maximum absolute atomic E-state index is 13.1. The van der Waals surface area contributed by atoms with Crippen LogP contribution in [-0.2, 0) is 10.0 Å². The van der Waals surface area contributed by atoms with E-state index in [2.05, 4.69) is 48.3 Å². The topological polar surface area (TPSA) is 69.7 Å². The van der Waals surface area contributed by atoms with E-state index in [-0.39, 0.29) is 23.3 Å². The molecule has 0 radical (unpaired) electrons. The molecule has 2 aromatic carbocycles. The van der Waals surface area contributed by atoms with Crippen molar-refractivity contribution in [2.75, 3.05) is 39.3 Å². The van der Waals surface area contributed by atoms with Gasteiger partial charge in [0.05, 0.1) is 11.4 Å². The van der Waals surface area contributed by atoms with E-state index in [9.17, 15) is 13.2 Å². The zero-order valence-corrected chi connectivity index (χ0v) is 21.9. The van der Waals surface area contributed by atoms with Gasteiger partial charge in [0.2, 0.25) is 10.0 Å². The minimum Gasteiger partial charge on any atom is -0.308 e. The number of hydrogen-bond acceptors (Lipinski definition) is 5. The van der Waals surface area contributed by atoms with Crippen molar-refractivity contribution in [3.63, 3.8) is 0 Å². The third-order valence-corrected chi connectivity index (χ3v) is 9.35. The summed E-state index contributed by atoms with van der Waals surface area (Å²) in [6.07, 6.45) is 5.44. The first-order valence-electron chi connectivity index (χ1n) is 13.0. The van der Waals surface area contributed by atoms with Crippen LogP contribution in [0.25, 0.3) is 0 Å². The molecule has 2 aromatic rings. The Morgan fingerprint density at radius 1 is 1.00 bits per heavy atom. The number of nitrogens with zero attached hydrogens (tertiary/aromatic N) is 2. The summed E-state index contributed by atoms with van der Waals surface area (Å²) in [5, 5.41) is 3.37. The summed E-state index contributed by atoms with van der Waals surface area (Å²) in [5.74, 6) is 0.463. The number of Topliss-reactive ketones (excluding diaryl/α,β-unsaturated/α-hetero) is 1. The van der Waals surface area contributed by atoms with Gasteiger partial charge in [0.25, 0.3) is 0 Å². The number of nitrogens with one attached hydrogen (secondary N) is 1. The highest BCUT2D eigenvalue weighted by Gasteiger charge is 2.28. The molecule has 1 unspecified atom stereocenters. The highest BCUT2D eigenvalue weighted by atomic mass is 32.2. The number of likely N-dealkylation sites (tertiary alicyclic amines) is 1. The number of ketones is 1. The molecule has 7 heteroatoms. The molecule has 190 valence electrons. The smallest absolute Gasteiger partial charge is 0.243 e. The Kier molecular flexibility index (Phi) is 8.76. The standard InChI is InChI=1S/C28H39N3O3S/c1-22-9-11-24(12-10-22)27(30-15-4-3-5-16-30)20-29-21-28(32)25-7-6-8-26(19-25)35(33,34)31-17-13-23(2)14-18-31/h6-12,19,23,27,29H,3-5,13-18,20-21H2,1-2H3. The molecule has 1 N–H and O–H groups in total. The number of carbonyl (C=O) groups excluding carboxylic acids is 1. The molecule has 0 aromatic heterocycles. The highest BCUT2D eigenvalue weighted by molar-refractivity contribution is 7.89. The minimum atomic E-state index is -3.58. The van der Waals surface area contributed by atoms with Gasteiger partial charge < -0.3 is 5.32 Å². The molecular weight excluding hydrogens is 458 g/mol. The van der Waals surface area contributed by atoms with Crippen molar-refractivity contribution in [1.29, 1.82) is 0 Å². The van der Waals surface area contributed by atoms with Gasteiger partial charge in [0, 0.05) is 31.2 Å². The largest absolute Gasteiger partial charge is 0.308 e. The molecule has 4 rings (SSSR count). The SMILES string of the molecule is Cc1ccc(C(CNCC(=O)c2cccc(S(=O)(=O)N3CCC(C)CC3)c2)N2CCCCC2)cc1. The maximum atomic E-state index is 13.1. The lowest BCUT2D eigenvalue weighted by Gasteiger charge is -2.35. The van der Waals surface area contributed by atoms with Crippen LogP contribution >= 0.6 is 0 Å². The van der Waals surface area contributed by atoms with E-state index >= 15 is 0 Å². The van der Waals surface area contributed by atoms with Crippen molar-refractivity contribution in [3.05, 3.63) is 65.2 Å². The molecule has 2 saturated heterocycles. The normalized spacial score (nSPS) is 19.5. The molecule has 0 saturated carbocycles. The predicted octanol–water partition coefficient (Wildman–Crippen LogP) is 4.42. The fraction of sp³-hybridized carbons (Fsp3) is 0.536. The Hall–Kier alpha value is -2.06. The van der Waals surface area contributed by atoms with Crippen LogP contribution in [0, 0.1) is 12.8 Å². The summed E-state index contributed by atoms with van der Waals surface area (Å²) >= 11 is 0. The minimum absolute atomic E-state index is 0.0874. The van der Waals surface area contributed by atoms with E-state index in [0.717, 1.165) is 25.9 Å². The molecule has 2 aliphatic heterocycles. The fourth-order valence-corrected chi connectivity index (χ4v) is 6.62. The molecular formula is C28H39N3O3S. The Balaban J connectivity index is 1.40. The van der Waals surface area contributed by atoms with Gasteiger partial charge in [0.1, 0.15) is 0 Å². The number of hydrogen-bond donors (Lipinski definition) is 1. The zero-order valence-electron chi connectivity index (χ0n) is 21.1. The molecule has 2 fully saturated rings. The monoisotopic (exact) mass is 497 g/mol. The summed E-state index contributed by atoms with van der Waals surface area (Å²) in [6.45, 7) is 8.34. The van der Waals surface area contributed by atoms with E-state index in [1.165, 1.54) is 30.4 Å². The molecule has 2 aliphatic rings. The molecule has 0 spiro atoms. The van der Waals surface area contributed by atoms with Crippen LogP contribution in [0.4, 0.5) is 0 Å². The first-order valence-corrected chi connectivity index (χ1v) is 14.4. The lowest BCUT2D eigenvalue weighted by atomic mass is 10.0. The van der Waals surface area contributed by atoms with Crippen LogP contribution in [-0.4, -0.2) is 62.7 Å². The third kappa shape index (κ3) is 6.58. The van der Waals surface area contributed by atoms with Gasteiger partial charge in [-0.25, -0.2) is 8.42 Å². The van der Waals surface area contributed by atoms with Crippen molar-refractivity contribution in [2.24, 2.45) is 5.92 Å². The van der Waals surface area contributed by atoms with Crippen molar-refractivity contribution >= 4 is 15.8 Å². The van der Waals surface area contributed by atoms with Crippen molar-refractivity contribution in [3.8, 4) is 0 Å². The summed E-state index contributed by atoms with van der Waals surface area (Å²) in [5.41, 5.74) is 2.94. The molecule has 0 aliphatic carbocycles. The number of benzene rings is 2. The summed E-state index contributed by atoms with van der Waals surface area (Å²) < 4.78 is 27.8. The van der Waals surface area contributed by atoms with E-state index in [4.69, 9.17) is 0 Å². The highest BCUT2D eigenvalue weighted by Crippen LogP contribution is 2.26. The fourth-order valence-electron chi connectivity index (χ4n) is 5.11. The van der Waals surface area contributed by atoms with Crippen LogP contribution < -0.4 is 5.32 Å². The van der Waals surface area contributed by atoms with Crippen molar-refractivity contribution < 1.29 is 13.2 Å². The van der Waals surface area contributed by atoms with E-state index in [0.29, 0.717) is 31.1 Å². The summed E-state index contributed by atoms with van der Waals surface area (Å²) in [7, 11) is -3.58. The van der Waals surface area contributed by atoms with E-state index < -0.39 is 10.0 Å². The number of carbonyl (C=O) groups is 1. The Morgan fingerprint density at radius 3 is 2.37 bits per heavy atom. The average Bonchev–Trinajstić information content (AvgIpc) is 2.88. The van der Waals surface area contributed by atoms with Gasteiger partial charge in [-0.1, -0.05) is 55.3 Å². The van der Waals surface area contributed by atoms with Gasteiger partial charge in [-0.05, 0) is 69.3 Å². The summed E-state index contributed by atoms with van der Waals surface area (Å²) in [6, 6.07) is 15.4. The third-order valence-electron chi connectivity index (χ3n) is 7.45. The van der Waals surface area contributed by atoms with Gasteiger partial charge in [-0.15, -0.1) is 0 Å². The first kappa shape index (κ1) is 26.0. The number of sulfonamides is 1. The van der Waals surface area contributed by atoms with Crippen molar-refractivity contribution in [1.82, 2.24) is 14.5 Å².